The Morgan fingerprint density at radius 1 is 1.11 bits per heavy atom. The van der Waals surface area contributed by atoms with Crippen LogP contribution in [-0.4, -0.2) is 70.5 Å². The molecule has 2 aliphatic rings. The van der Waals surface area contributed by atoms with E-state index >= 15 is 0 Å². The molecule has 0 N–H and O–H groups in total. The molecule has 8 heteroatoms. The van der Waals surface area contributed by atoms with Crippen molar-refractivity contribution in [1.82, 2.24) is 19.8 Å². The van der Waals surface area contributed by atoms with Gasteiger partial charge in [-0.15, -0.1) is 11.3 Å². The van der Waals surface area contributed by atoms with E-state index in [1.807, 2.05) is 28.7 Å². The number of furan rings is 1. The lowest BCUT2D eigenvalue weighted by Crippen LogP contribution is -2.59. The molecule has 1 saturated heterocycles. The molecule has 2 aliphatic heterocycles. The molecular formula is C29H31N5O2S. The maximum Gasteiger partial charge on any atom is 0.237 e. The van der Waals surface area contributed by atoms with Crippen molar-refractivity contribution in [1.29, 1.82) is 0 Å². The average molecular weight is 514 g/mol. The molecule has 3 aromatic heterocycles. The zero-order valence-electron chi connectivity index (χ0n) is 21.2. The molecule has 1 amide bonds. The lowest BCUT2D eigenvalue weighted by Gasteiger charge is -2.45. The number of hydrogen-bond donors (Lipinski definition) is 0. The number of thiazole rings is 1. The molecule has 0 aliphatic carbocycles. The maximum atomic E-state index is 13.3. The fourth-order valence-electron chi connectivity index (χ4n) is 5.56. The molecule has 0 radical (unpaired) electrons. The maximum absolute atomic E-state index is 13.3. The quantitative estimate of drug-likeness (QED) is 0.367. The van der Waals surface area contributed by atoms with Gasteiger partial charge in [0, 0.05) is 72.5 Å². The summed E-state index contributed by atoms with van der Waals surface area (Å²) in [6.07, 6.45) is 8.49. The van der Waals surface area contributed by atoms with Crippen molar-refractivity contribution in [2.24, 2.45) is 0 Å². The van der Waals surface area contributed by atoms with Gasteiger partial charge < -0.3 is 14.2 Å². The topological polar surface area (TPSA) is 65.7 Å². The van der Waals surface area contributed by atoms with Gasteiger partial charge in [0.25, 0.3) is 0 Å². The van der Waals surface area contributed by atoms with Crippen LogP contribution in [0.1, 0.15) is 25.8 Å². The van der Waals surface area contributed by atoms with Crippen LogP contribution in [0.2, 0.25) is 0 Å². The van der Waals surface area contributed by atoms with Crippen LogP contribution in [0.3, 0.4) is 0 Å². The minimum Gasteiger partial charge on any atom is -0.464 e. The highest BCUT2D eigenvalue weighted by Gasteiger charge is 2.32. The van der Waals surface area contributed by atoms with Crippen molar-refractivity contribution in [2.75, 3.05) is 37.6 Å². The number of pyridine rings is 1. The van der Waals surface area contributed by atoms with Crippen molar-refractivity contribution < 1.29 is 9.21 Å². The van der Waals surface area contributed by atoms with Gasteiger partial charge in [0.2, 0.25) is 5.91 Å². The summed E-state index contributed by atoms with van der Waals surface area (Å²) < 4.78 is 5.73. The third-order valence-corrected chi connectivity index (χ3v) is 8.38. The Balaban J connectivity index is 1.07. The van der Waals surface area contributed by atoms with Gasteiger partial charge in [-0.3, -0.25) is 9.69 Å². The second-order valence-corrected chi connectivity index (χ2v) is 10.9. The lowest BCUT2D eigenvalue weighted by atomic mass is 9.98. The molecule has 37 heavy (non-hydrogen) atoms. The summed E-state index contributed by atoms with van der Waals surface area (Å²) in [6.45, 7) is 7.93. The fraction of sp³-hybridized carbons (Fsp3) is 0.345. The number of rotatable bonds is 5. The molecule has 0 spiro atoms. The number of fused-ring (bicyclic) bond motifs is 1. The molecule has 6 rings (SSSR count). The Bertz CT molecular complexity index is 1400. The number of piperazine rings is 1. The largest absolute Gasteiger partial charge is 0.464 e. The summed E-state index contributed by atoms with van der Waals surface area (Å²) in [5.74, 6) is 1.18. The average Bonchev–Trinajstić information content (AvgIpc) is 3.63. The number of hydrogen-bond acceptors (Lipinski definition) is 7. The molecule has 1 aromatic carbocycles. The van der Waals surface area contributed by atoms with Crippen LogP contribution in [0.25, 0.3) is 27.1 Å². The van der Waals surface area contributed by atoms with E-state index < -0.39 is 0 Å². The zero-order valence-corrected chi connectivity index (χ0v) is 22.0. The first-order valence-electron chi connectivity index (χ1n) is 12.9. The predicted octanol–water partition coefficient (Wildman–Crippen LogP) is 5.17. The zero-order chi connectivity index (χ0) is 25.4. The number of aromatic nitrogens is 2. The van der Waals surface area contributed by atoms with Gasteiger partial charge in [0.1, 0.15) is 16.4 Å². The van der Waals surface area contributed by atoms with E-state index in [1.54, 1.807) is 17.6 Å². The first-order chi connectivity index (χ1) is 18.1. The molecule has 190 valence electrons. The number of amides is 1. The van der Waals surface area contributed by atoms with Gasteiger partial charge in [-0.1, -0.05) is 24.3 Å². The van der Waals surface area contributed by atoms with Crippen LogP contribution in [-0.2, 0) is 4.79 Å². The summed E-state index contributed by atoms with van der Waals surface area (Å²) in [5, 5.41) is 4.08. The van der Waals surface area contributed by atoms with Crippen LogP contribution in [0.4, 0.5) is 5.82 Å². The molecule has 1 fully saturated rings. The number of nitrogens with zero attached hydrogens (tertiary/aromatic N) is 5. The monoisotopic (exact) mass is 513 g/mol. The third kappa shape index (κ3) is 4.79. The van der Waals surface area contributed by atoms with Crippen molar-refractivity contribution in [3.63, 3.8) is 0 Å². The van der Waals surface area contributed by atoms with E-state index in [4.69, 9.17) is 9.40 Å². The molecule has 0 bridgehead atoms. The predicted molar refractivity (Wildman–Crippen MR) is 149 cm³/mol. The van der Waals surface area contributed by atoms with E-state index in [9.17, 15) is 4.79 Å². The molecule has 4 aromatic rings. The fourth-order valence-corrected chi connectivity index (χ4v) is 6.19. The Hall–Kier alpha value is -3.49. The van der Waals surface area contributed by atoms with E-state index in [1.165, 1.54) is 5.57 Å². The number of carbonyl (C=O) groups is 1. The molecule has 5 heterocycles. The Labute approximate surface area is 221 Å². The minimum atomic E-state index is 0.199. The van der Waals surface area contributed by atoms with Crippen molar-refractivity contribution in [3.8, 4) is 10.6 Å². The molecule has 7 nitrogen and oxygen atoms in total. The van der Waals surface area contributed by atoms with Gasteiger partial charge in [-0.25, -0.2) is 9.97 Å². The van der Waals surface area contributed by atoms with Gasteiger partial charge in [-0.05, 0) is 44.0 Å². The van der Waals surface area contributed by atoms with Gasteiger partial charge >= 0.3 is 0 Å². The van der Waals surface area contributed by atoms with E-state index in [0.29, 0.717) is 13.1 Å². The van der Waals surface area contributed by atoms with Gasteiger partial charge in [0.15, 0.2) is 0 Å². The van der Waals surface area contributed by atoms with Crippen LogP contribution in [0.5, 0.6) is 0 Å². The van der Waals surface area contributed by atoms with Crippen molar-refractivity contribution >= 4 is 39.6 Å². The minimum absolute atomic E-state index is 0.199. The first-order valence-corrected chi connectivity index (χ1v) is 13.7. The number of anilines is 1. The van der Waals surface area contributed by atoms with Crippen LogP contribution in [0, 0.1) is 0 Å². The highest BCUT2D eigenvalue weighted by atomic mass is 32.1. The first kappa shape index (κ1) is 23.9. The van der Waals surface area contributed by atoms with Crippen LogP contribution >= 0.6 is 11.3 Å². The van der Waals surface area contributed by atoms with Crippen LogP contribution in [0.15, 0.2) is 70.9 Å². The van der Waals surface area contributed by atoms with Crippen molar-refractivity contribution in [3.05, 3.63) is 72.1 Å². The number of carbonyl (C=O) groups excluding carboxylic acids is 1. The molecule has 0 saturated carbocycles. The molecule has 0 unspecified atom stereocenters. The van der Waals surface area contributed by atoms with Crippen molar-refractivity contribution in [2.45, 2.75) is 32.4 Å². The van der Waals surface area contributed by atoms with E-state index in [-0.39, 0.29) is 18.0 Å². The number of para-hydroxylation sites is 1. The number of benzene rings is 1. The molecule has 2 atom stereocenters. The summed E-state index contributed by atoms with van der Waals surface area (Å²) >= 11 is 1.62. The normalized spacial score (nSPS) is 20.9. The van der Waals surface area contributed by atoms with E-state index in [0.717, 1.165) is 59.0 Å². The van der Waals surface area contributed by atoms with Gasteiger partial charge in [0.05, 0.1) is 12.8 Å². The van der Waals surface area contributed by atoms with E-state index in [2.05, 4.69) is 65.0 Å². The Morgan fingerprint density at radius 2 is 1.97 bits per heavy atom. The molecular weight excluding hydrogens is 482 g/mol. The Morgan fingerprint density at radius 3 is 2.68 bits per heavy atom. The highest BCUT2D eigenvalue weighted by Crippen LogP contribution is 2.30. The second-order valence-electron chi connectivity index (χ2n) is 9.98. The summed E-state index contributed by atoms with van der Waals surface area (Å²) in [7, 11) is 0. The Kier molecular flexibility index (Phi) is 6.52. The summed E-state index contributed by atoms with van der Waals surface area (Å²) in [5.41, 5.74) is 4.37. The standard InChI is InChI=1S/C29H31N5O2S/c1-20-17-33(26-7-6-24(16-31-26)29-30-11-15-37-29)18-21(2)34(20)19-27(35)32-12-8-22(9-13-32)25-5-3-4-23-10-14-36-28(23)25/h3-8,10-11,14-16,20-21H,9,12-13,17-19H2,1-2H3/t20-,21+. The third-order valence-electron chi connectivity index (χ3n) is 7.56. The highest BCUT2D eigenvalue weighted by molar-refractivity contribution is 7.13. The SMILES string of the molecule is C[C@@H]1CN(c2ccc(-c3nccs3)cn2)C[C@H](C)N1CC(=O)N1CC=C(c2cccc3ccoc23)CC1. The lowest BCUT2D eigenvalue weighted by molar-refractivity contribution is -0.133. The van der Waals surface area contributed by atoms with Crippen LogP contribution < -0.4 is 4.90 Å². The second kappa shape index (κ2) is 10.1. The smallest absolute Gasteiger partial charge is 0.237 e. The summed E-state index contributed by atoms with van der Waals surface area (Å²) in [6, 6.07) is 12.9. The summed E-state index contributed by atoms with van der Waals surface area (Å²) in [4.78, 5) is 29.0. The van der Waals surface area contributed by atoms with Gasteiger partial charge in [-0.2, -0.15) is 0 Å².